The van der Waals surface area contributed by atoms with Crippen molar-refractivity contribution in [3.05, 3.63) is 41.1 Å². The van der Waals surface area contributed by atoms with Crippen molar-refractivity contribution in [3.63, 3.8) is 0 Å². The molecule has 1 aromatic carbocycles. The fourth-order valence-corrected chi connectivity index (χ4v) is 1.75. The molecule has 0 radical (unpaired) electrons. The van der Waals surface area contributed by atoms with Gasteiger partial charge in [-0.3, -0.25) is 0 Å². The van der Waals surface area contributed by atoms with Gasteiger partial charge in [0.25, 0.3) is 5.89 Å². The van der Waals surface area contributed by atoms with Gasteiger partial charge in [-0.25, -0.2) is 0 Å². The highest BCUT2D eigenvalue weighted by Crippen LogP contribution is 2.23. The van der Waals surface area contributed by atoms with Crippen LogP contribution >= 0.6 is 23.2 Å². The first kappa shape index (κ1) is 13.2. The van der Waals surface area contributed by atoms with Crippen molar-refractivity contribution < 1.29 is 9.15 Å². The minimum absolute atomic E-state index is 0.333. The van der Waals surface area contributed by atoms with Crippen molar-refractivity contribution >= 4 is 23.2 Å². The molecule has 1 heterocycles. The van der Waals surface area contributed by atoms with Gasteiger partial charge in [0.05, 0.1) is 0 Å². The summed E-state index contributed by atoms with van der Waals surface area (Å²) in [5, 5.41) is 8.42. The van der Waals surface area contributed by atoms with Crippen LogP contribution < -0.4 is 4.74 Å². The van der Waals surface area contributed by atoms with Gasteiger partial charge in [-0.2, -0.15) is 0 Å². The van der Waals surface area contributed by atoms with Gasteiger partial charge in [0.15, 0.2) is 6.10 Å². The van der Waals surface area contributed by atoms with E-state index in [1.54, 1.807) is 12.1 Å². The van der Waals surface area contributed by atoms with Crippen molar-refractivity contribution in [2.45, 2.75) is 19.4 Å². The molecule has 0 saturated heterocycles. The topological polar surface area (TPSA) is 48.2 Å². The second-order valence-electron chi connectivity index (χ2n) is 3.69. The Kier molecular flexibility index (Phi) is 4.44. The largest absolute Gasteiger partial charge is 0.481 e. The molecule has 1 atom stereocenters. The maximum atomic E-state index is 5.87. The number of benzene rings is 1. The van der Waals surface area contributed by atoms with Gasteiger partial charge in [-0.15, -0.1) is 21.8 Å². The second kappa shape index (κ2) is 6.07. The minimum atomic E-state index is -0.333. The van der Waals surface area contributed by atoms with Gasteiger partial charge in [0, 0.05) is 17.3 Å². The van der Waals surface area contributed by atoms with E-state index in [4.69, 9.17) is 32.4 Å². The summed E-state index contributed by atoms with van der Waals surface area (Å²) >= 11 is 11.5. The summed E-state index contributed by atoms with van der Waals surface area (Å²) in [6.45, 7) is 1.83. The molecule has 18 heavy (non-hydrogen) atoms. The maximum absolute atomic E-state index is 5.87. The Labute approximate surface area is 115 Å². The van der Waals surface area contributed by atoms with Gasteiger partial charge in [0.1, 0.15) is 5.75 Å². The number of nitrogens with zero attached hydrogens (tertiary/aromatic N) is 2. The van der Waals surface area contributed by atoms with Gasteiger partial charge in [-0.05, 0) is 25.1 Å². The summed E-state index contributed by atoms with van der Waals surface area (Å²) in [6.07, 6.45) is 0.221. The highest BCUT2D eigenvalue weighted by molar-refractivity contribution is 6.30. The predicted octanol–water partition coefficient (Wildman–Crippen LogP) is 3.64. The summed E-state index contributed by atoms with van der Waals surface area (Å²) in [7, 11) is 0. The van der Waals surface area contributed by atoms with Gasteiger partial charge >= 0.3 is 0 Å². The Bertz CT molecular complexity index is 516. The molecule has 0 spiro atoms. The van der Waals surface area contributed by atoms with Crippen molar-refractivity contribution in [3.8, 4) is 5.75 Å². The predicted molar refractivity (Wildman–Crippen MR) is 69.2 cm³/mol. The van der Waals surface area contributed by atoms with Crippen molar-refractivity contribution in [2.24, 2.45) is 0 Å². The number of hydrogen-bond acceptors (Lipinski definition) is 4. The minimum Gasteiger partial charge on any atom is -0.481 e. The smallest absolute Gasteiger partial charge is 0.256 e. The summed E-state index contributed by atoms with van der Waals surface area (Å²) in [6, 6.07) is 7.15. The molecule has 1 aromatic heterocycles. The average Bonchev–Trinajstić information content (AvgIpc) is 2.78. The van der Waals surface area contributed by atoms with E-state index >= 15 is 0 Å². The number of aryl methyl sites for hydroxylation is 1. The summed E-state index contributed by atoms with van der Waals surface area (Å²) in [5.41, 5.74) is 0. The number of hydrogen-bond donors (Lipinski definition) is 0. The van der Waals surface area contributed by atoms with Crippen LogP contribution in [0.25, 0.3) is 0 Å². The quantitative estimate of drug-likeness (QED) is 0.788. The van der Waals surface area contributed by atoms with E-state index in [9.17, 15) is 0 Å². The summed E-state index contributed by atoms with van der Waals surface area (Å²) in [5.74, 6) is 2.05. The van der Waals surface area contributed by atoms with Crippen LogP contribution in [0.2, 0.25) is 5.02 Å². The Morgan fingerprint density at radius 3 is 2.94 bits per heavy atom. The molecular weight excluding hydrogens is 275 g/mol. The molecule has 2 aromatic rings. The fraction of sp³-hybridized carbons (Fsp3) is 0.333. The first-order chi connectivity index (χ1) is 8.69. The molecule has 0 fully saturated rings. The van der Waals surface area contributed by atoms with Crippen LogP contribution in [0.4, 0.5) is 0 Å². The lowest BCUT2D eigenvalue weighted by molar-refractivity contribution is 0.186. The Hall–Kier alpha value is -1.26. The van der Waals surface area contributed by atoms with E-state index in [1.807, 2.05) is 19.1 Å². The number of alkyl halides is 1. The van der Waals surface area contributed by atoms with E-state index in [-0.39, 0.29) is 6.10 Å². The zero-order valence-electron chi connectivity index (χ0n) is 9.77. The lowest BCUT2D eigenvalue weighted by atomic mass is 10.3. The van der Waals surface area contributed by atoms with Crippen LogP contribution in [-0.2, 0) is 6.42 Å². The molecule has 1 unspecified atom stereocenters. The lowest BCUT2D eigenvalue weighted by Crippen LogP contribution is -2.03. The molecule has 0 bridgehead atoms. The van der Waals surface area contributed by atoms with Crippen LogP contribution in [-0.4, -0.2) is 16.1 Å². The van der Waals surface area contributed by atoms with Gasteiger partial charge < -0.3 is 9.15 Å². The first-order valence-corrected chi connectivity index (χ1v) is 6.40. The molecular formula is C12H12Cl2N2O2. The third-order valence-electron chi connectivity index (χ3n) is 2.25. The monoisotopic (exact) mass is 286 g/mol. The van der Waals surface area contributed by atoms with E-state index in [2.05, 4.69) is 10.2 Å². The third-order valence-corrected chi connectivity index (χ3v) is 2.67. The SMILES string of the molecule is CC(Oc1cccc(Cl)c1)c1nnc(CCCl)o1. The summed E-state index contributed by atoms with van der Waals surface area (Å²) < 4.78 is 11.1. The maximum Gasteiger partial charge on any atom is 0.256 e. The Morgan fingerprint density at radius 1 is 1.39 bits per heavy atom. The third kappa shape index (κ3) is 3.37. The second-order valence-corrected chi connectivity index (χ2v) is 4.50. The van der Waals surface area contributed by atoms with Crippen LogP contribution in [0.3, 0.4) is 0 Å². The van der Waals surface area contributed by atoms with Crippen LogP contribution in [0.1, 0.15) is 24.8 Å². The molecule has 0 amide bonds. The molecule has 2 rings (SSSR count). The van der Waals surface area contributed by atoms with Crippen LogP contribution in [0.5, 0.6) is 5.75 Å². The number of halogens is 2. The molecule has 6 heteroatoms. The normalized spacial score (nSPS) is 12.4. The Balaban J connectivity index is 2.04. The van der Waals surface area contributed by atoms with E-state index in [0.717, 1.165) is 0 Å². The zero-order chi connectivity index (χ0) is 13.0. The van der Waals surface area contributed by atoms with Crippen molar-refractivity contribution in [2.75, 3.05) is 5.88 Å². The molecule has 0 aliphatic rings. The number of aromatic nitrogens is 2. The standard InChI is InChI=1S/C12H12Cl2N2O2/c1-8(12-16-15-11(18-12)5-6-13)17-10-4-2-3-9(14)7-10/h2-4,7-8H,5-6H2,1H3. The van der Waals surface area contributed by atoms with E-state index < -0.39 is 0 Å². The highest BCUT2D eigenvalue weighted by atomic mass is 35.5. The molecule has 4 nitrogen and oxygen atoms in total. The van der Waals surface area contributed by atoms with Crippen LogP contribution in [0.15, 0.2) is 28.7 Å². The van der Waals surface area contributed by atoms with Crippen molar-refractivity contribution in [1.29, 1.82) is 0 Å². The van der Waals surface area contributed by atoms with Crippen molar-refractivity contribution in [1.82, 2.24) is 10.2 Å². The zero-order valence-corrected chi connectivity index (χ0v) is 11.3. The lowest BCUT2D eigenvalue weighted by Gasteiger charge is -2.10. The molecule has 96 valence electrons. The fourth-order valence-electron chi connectivity index (χ4n) is 1.41. The van der Waals surface area contributed by atoms with Gasteiger partial charge in [0.2, 0.25) is 5.89 Å². The Morgan fingerprint density at radius 2 is 2.22 bits per heavy atom. The summed E-state index contributed by atoms with van der Waals surface area (Å²) in [4.78, 5) is 0. The molecule has 0 saturated carbocycles. The van der Waals surface area contributed by atoms with Crippen LogP contribution in [0, 0.1) is 0 Å². The average molecular weight is 287 g/mol. The number of rotatable bonds is 5. The van der Waals surface area contributed by atoms with E-state index in [0.29, 0.717) is 34.9 Å². The molecule has 0 aliphatic heterocycles. The number of ether oxygens (including phenoxy) is 1. The highest BCUT2D eigenvalue weighted by Gasteiger charge is 2.15. The first-order valence-electron chi connectivity index (χ1n) is 5.49. The van der Waals surface area contributed by atoms with E-state index in [1.165, 1.54) is 0 Å². The van der Waals surface area contributed by atoms with Gasteiger partial charge in [-0.1, -0.05) is 17.7 Å². The molecule has 0 N–H and O–H groups in total. The molecule has 0 aliphatic carbocycles.